The van der Waals surface area contributed by atoms with E-state index in [4.69, 9.17) is 16.7 Å². The predicted molar refractivity (Wildman–Crippen MR) is 72.5 cm³/mol. The first-order chi connectivity index (χ1) is 8.51. The molecule has 1 heterocycles. The van der Waals surface area contributed by atoms with Gasteiger partial charge in [0, 0.05) is 10.7 Å². The number of aliphatic hydroxyl groups is 1. The first kappa shape index (κ1) is 13.4. The van der Waals surface area contributed by atoms with Gasteiger partial charge in [0.15, 0.2) is 0 Å². The maximum atomic E-state index is 12.0. The van der Waals surface area contributed by atoms with Gasteiger partial charge in [-0.15, -0.1) is 11.3 Å². The van der Waals surface area contributed by atoms with E-state index in [2.05, 4.69) is 4.72 Å². The van der Waals surface area contributed by atoms with Crippen molar-refractivity contribution in [1.82, 2.24) is 0 Å². The summed E-state index contributed by atoms with van der Waals surface area (Å²) in [6.45, 7) is -0.174. The number of rotatable bonds is 4. The van der Waals surface area contributed by atoms with E-state index in [-0.39, 0.29) is 10.8 Å². The molecule has 2 rings (SSSR count). The highest BCUT2D eigenvalue weighted by Crippen LogP contribution is 2.23. The summed E-state index contributed by atoms with van der Waals surface area (Å²) in [5, 5.41) is 11.1. The Morgan fingerprint density at radius 3 is 2.50 bits per heavy atom. The lowest BCUT2D eigenvalue weighted by atomic mass is 10.3. The molecular formula is C11H10ClNO3S2. The number of sulfonamides is 1. The van der Waals surface area contributed by atoms with Gasteiger partial charge in [-0.2, -0.15) is 0 Å². The number of thiophene rings is 1. The van der Waals surface area contributed by atoms with Crippen LogP contribution in [0.1, 0.15) is 5.56 Å². The quantitative estimate of drug-likeness (QED) is 0.912. The van der Waals surface area contributed by atoms with Crippen LogP contribution >= 0.6 is 22.9 Å². The van der Waals surface area contributed by atoms with E-state index in [1.165, 1.54) is 6.07 Å². The summed E-state index contributed by atoms with van der Waals surface area (Å²) >= 11 is 6.79. The number of hydrogen-bond donors (Lipinski definition) is 2. The van der Waals surface area contributed by atoms with Crippen molar-refractivity contribution in [3.05, 3.63) is 46.3 Å². The molecule has 0 atom stereocenters. The van der Waals surface area contributed by atoms with Crippen molar-refractivity contribution in [2.45, 2.75) is 10.8 Å². The predicted octanol–water partition coefficient (Wildman–Crippen LogP) is 2.69. The van der Waals surface area contributed by atoms with Crippen molar-refractivity contribution in [2.24, 2.45) is 0 Å². The molecule has 0 saturated heterocycles. The third kappa shape index (κ3) is 3.02. The highest BCUT2D eigenvalue weighted by Gasteiger charge is 2.16. The zero-order chi connectivity index (χ0) is 13.2. The van der Waals surface area contributed by atoms with Crippen molar-refractivity contribution >= 4 is 38.6 Å². The summed E-state index contributed by atoms with van der Waals surface area (Å²) in [6, 6.07) is 7.82. The Bertz CT molecular complexity index is 635. The van der Waals surface area contributed by atoms with Gasteiger partial charge in [0.25, 0.3) is 10.0 Å². The lowest BCUT2D eigenvalue weighted by Crippen LogP contribution is -2.11. The highest BCUT2D eigenvalue weighted by molar-refractivity contribution is 7.94. The number of halogens is 1. The van der Waals surface area contributed by atoms with Crippen LogP contribution < -0.4 is 4.72 Å². The van der Waals surface area contributed by atoms with Gasteiger partial charge in [-0.1, -0.05) is 11.6 Å². The Hall–Kier alpha value is -1.08. The van der Waals surface area contributed by atoms with Gasteiger partial charge in [0.05, 0.1) is 6.61 Å². The molecule has 2 N–H and O–H groups in total. The fourth-order valence-corrected chi connectivity index (χ4v) is 3.69. The monoisotopic (exact) mass is 303 g/mol. The molecule has 1 aromatic carbocycles. The first-order valence-corrected chi connectivity index (χ1v) is 7.72. The fraction of sp³-hybridized carbons (Fsp3) is 0.0909. The molecule has 0 aliphatic rings. The summed E-state index contributed by atoms with van der Waals surface area (Å²) in [4.78, 5) is 0. The van der Waals surface area contributed by atoms with Gasteiger partial charge in [0.2, 0.25) is 0 Å². The van der Waals surface area contributed by atoms with E-state index in [1.807, 2.05) is 0 Å². The van der Waals surface area contributed by atoms with Gasteiger partial charge in [-0.05, 0) is 41.3 Å². The Balaban J connectivity index is 2.24. The molecule has 1 aromatic heterocycles. The van der Waals surface area contributed by atoms with Crippen LogP contribution in [0.3, 0.4) is 0 Å². The standard InChI is InChI=1S/C11H10ClNO3S2/c12-9-1-3-10(4-2-9)13-18(15,16)11-5-8(6-14)7-17-11/h1-5,7,13-14H,6H2. The van der Waals surface area contributed by atoms with Gasteiger partial charge in [-0.25, -0.2) is 8.42 Å². The second-order valence-corrected chi connectivity index (χ2v) is 6.80. The third-order valence-electron chi connectivity index (χ3n) is 2.17. The minimum Gasteiger partial charge on any atom is -0.392 e. The largest absolute Gasteiger partial charge is 0.392 e. The van der Waals surface area contributed by atoms with E-state index in [0.717, 1.165) is 11.3 Å². The topological polar surface area (TPSA) is 66.4 Å². The SMILES string of the molecule is O=S(=O)(Nc1ccc(Cl)cc1)c1cc(CO)cs1. The van der Waals surface area contributed by atoms with Crippen LogP contribution in [-0.4, -0.2) is 13.5 Å². The van der Waals surface area contributed by atoms with E-state index >= 15 is 0 Å². The minimum absolute atomic E-state index is 0.168. The van der Waals surface area contributed by atoms with Crippen LogP contribution in [0, 0.1) is 0 Å². The molecule has 0 saturated carbocycles. The van der Waals surface area contributed by atoms with Crippen LogP contribution in [0.15, 0.2) is 39.9 Å². The zero-order valence-corrected chi connectivity index (χ0v) is 11.5. The van der Waals surface area contributed by atoms with Gasteiger partial charge >= 0.3 is 0 Å². The minimum atomic E-state index is -3.60. The average Bonchev–Trinajstić information content (AvgIpc) is 2.81. The molecular weight excluding hydrogens is 294 g/mol. The second kappa shape index (κ2) is 5.27. The molecule has 96 valence electrons. The molecule has 0 unspecified atom stereocenters. The van der Waals surface area contributed by atoms with Gasteiger partial charge in [0.1, 0.15) is 4.21 Å². The van der Waals surface area contributed by atoms with Gasteiger partial charge in [-0.3, -0.25) is 4.72 Å². The molecule has 4 nitrogen and oxygen atoms in total. The van der Waals surface area contributed by atoms with E-state index in [1.54, 1.807) is 29.6 Å². The van der Waals surface area contributed by atoms with Crippen molar-refractivity contribution < 1.29 is 13.5 Å². The molecule has 0 radical (unpaired) electrons. The lowest BCUT2D eigenvalue weighted by Gasteiger charge is -2.05. The number of aliphatic hydroxyl groups excluding tert-OH is 1. The summed E-state index contributed by atoms with van der Waals surface area (Å²) in [7, 11) is -3.60. The van der Waals surface area contributed by atoms with Crippen LogP contribution in [0.2, 0.25) is 5.02 Å². The van der Waals surface area contributed by atoms with E-state index in [9.17, 15) is 8.42 Å². The third-order valence-corrected chi connectivity index (χ3v) is 5.30. The smallest absolute Gasteiger partial charge is 0.271 e. The first-order valence-electron chi connectivity index (χ1n) is 4.98. The number of nitrogens with one attached hydrogen (secondary N) is 1. The van der Waals surface area contributed by atoms with Crippen LogP contribution in [0.4, 0.5) is 5.69 Å². The van der Waals surface area contributed by atoms with Crippen molar-refractivity contribution in [3.63, 3.8) is 0 Å². The Morgan fingerprint density at radius 1 is 1.28 bits per heavy atom. The van der Waals surface area contributed by atoms with Crippen molar-refractivity contribution in [1.29, 1.82) is 0 Å². The molecule has 0 aliphatic carbocycles. The van der Waals surface area contributed by atoms with E-state index in [0.29, 0.717) is 16.3 Å². The maximum absolute atomic E-state index is 12.0. The Labute approximate surface area is 114 Å². The molecule has 7 heteroatoms. The van der Waals surface area contributed by atoms with E-state index < -0.39 is 10.0 Å². The summed E-state index contributed by atoms with van der Waals surface area (Å²) < 4.78 is 26.6. The second-order valence-electron chi connectivity index (χ2n) is 3.54. The molecule has 0 amide bonds. The van der Waals surface area contributed by atoms with Gasteiger partial charge < -0.3 is 5.11 Å². The molecule has 0 fully saturated rings. The normalized spacial score (nSPS) is 11.4. The molecule has 2 aromatic rings. The summed E-state index contributed by atoms with van der Waals surface area (Å²) in [5.41, 5.74) is 1.02. The summed E-state index contributed by atoms with van der Waals surface area (Å²) in [5.74, 6) is 0. The molecule has 0 bridgehead atoms. The van der Waals surface area contributed by atoms with Crippen LogP contribution in [-0.2, 0) is 16.6 Å². The highest BCUT2D eigenvalue weighted by atomic mass is 35.5. The fourth-order valence-electron chi connectivity index (χ4n) is 1.30. The maximum Gasteiger partial charge on any atom is 0.271 e. The lowest BCUT2D eigenvalue weighted by molar-refractivity contribution is 0.282. The van der Waals surface area contributed by atoms with Crippen LogP contribution in [0.25, 0.3) is 0 Å². The molecule has 0 spiro atoms. The van der Waals surface area contributed by atoms with Crippen LogP contribution in [0.5, 0.6) is 0 Å². The Kier molecular flexibility index (Phi) is 3.91. The number of anilines is 1. The average molecular weight is 304 g/mol. The summed E-state index contributed by atoms with van der Waals surface area (Å²) in [6.07, 6.45) is 0. The molecule has 18 heavy (non-hydrogen) atoms. The zero-order valence-electron chi connectivity index (χ0n) is 9.13. The number of hydrogen-bond acceptors (Lipinski definition) is 4. The Morgan fingerprint density at radius 2 is 1.94 bits per heavy atom. The number of benzene rings is 1. The molecule has 0 aliphatic heterocycles. The van der Waals surface area contributed by atoms with Crippen molar-refractivity contribution in [2.75, 3.05) is 4.72 Å². The van der Waals surface area contributed by atoms with Crippen molar-refractivity contribution in [3.8, 4) is 0 Å².